The number of aliphatic hydroxyl groups is 1. The van der Waals surface area contributed by atoms with Gasteiger partial charge in [0.05, 0.1) is 11.5 Å². The van der Waals surface area contributed by atoms with Gasteiger partial charge in [0.25, 0.3) is 0 Å². The van der Waals surface area contributed by atoms with E-state index in [2.05, 4.69) is 10.3 Å². The van der Waals surface area contributed by atoms with Gasteiger partial charge in [-0.3, -0.25) is 0 Å². The molecule has 0 spiro atoms. The first-order valence-electron chi connectivity index (χ1n) is 9.24. The minimum Gasteiger partial charge on any atom is -0.395 e. The Kier molecular flexibility index (Phi) is 5.50. The van der Waals surface area contributed by atoms with Crippen molar-refractivity contribution in [2.75, 3.05) is 18.5 Å². The van der Waals surface area contributed by atoms with Gasteiger partial charge in [0, 0.05) is 23.9 Å². The van der Waals surface area contributed by atoms with Crippen molar-refractivity contribution < 1.29 is 5.11 Å². The third kappa shape index (κ3) is 3.96. The highest BCUT2D eigenvalue weighted by Crippen LogP contribution is 2.37. The lowest BCUT2D eigenvalue weighted by Crippen LogP contribution is -2.24. The minimum absolute atomic E-state index is 0.0329. The zero-order valence-corrected chi connectivity index (χ0v) is 16.7. The lowest BCUT2D eigenvalue weighted by Gasteiger charge is -2.10. The van der Waals surface area contributed by atoms with E-state index >= 15 is 0 Å². The van der Waals surface area contributed by atoms with Gasteiger partial charge in [-0.25, -0.2) is 14.3 Å². The van der Waals surface area contributed by atoms with Crippen LogP contribution in [0.2, 0.25) is 0 Å². The minimum atomic E-state index is -0.418. The summed E-state index contributed by atoms with van der Waals surface area (Å²) >= 11 is 1.55. The van der Waals surface area contributed by atoms with Crippen LogP contribution < -0.4 is 11.0 Å². The fourth-order valence-electron chi connectivity index (χ4n) is 3.01. The summed E-state index contributed by atoms with van der Waals surface area (Å²) in [6, 6.07) is 19.8. The zero-order valence-electron chi connectivity index (χ0n) is 15.9. The van der Waals surface area contributed by atoms with E-state index < -0.39 is 5.69 Å². The molecule has 2 aromatic carbocycles. The summed E-state index contributed by atoms with van der Waals surface area (Å²) in [7, 11) is 0. The Bertz CT molecular complexity index is 1170. The Morgan fingerprint density at radius 3 is 2.31 bits per heavy atom. The first-order chi connectivity index (χ1) is 14.2. The van der Waals surface area contributed by atoms with Crippen LogP contribution in [0.15, 0.2) is 71.7 Å². The molecule has 0 fully saturated rings. The number of anilines is 1. The molecular formula is C22H20N4O2S. The number of nitrogens with one attached hydrogen (secondary N) is 1. The largest absolute Gasteiger partial charge is 0.395 e. The van der Waals surface area contributed by atoms with Crippen LogP contribution in [0.3, 0.4) is 0 Å². The van der Waals surface area contributed by atoms with E-state index in [0.29, 0.717) is 18.2 Å². The van der Waals surface area contributed by atoms with E-state index in [9.17, 15) is 4.79 Å². The first-order valence-corrected chi connectivity index (χ1v) is 10.1. The van der Waals surface area contributed by atoms with Gasteiger partial charge in [0.2, 0.25) is 0 Å². The highest BCUT2D eigenvalue weighted by atomic mass is 32.1. The van der Waals surface area contributed by atoms with Crippen molar-refractivity contribution in [2.45, 2.75) is 6.92 Å². The third-order valence-corrected chi connectivity index (χ3v) is 5.55. The molecule has 2 heterocycles. The second kappa shape index (κ2) is 8.38. The fraction of sp³-hybridized carbons (Fsp3) is 0.136. The first kappa shape index (κ1) is 19.0. The summed E-state index contributed by atoms with van der Waals surface area (Å²) in [4.78, 5) is 22.7. The molecule has 2 N–H and O–H groups in total. The van der Waals surface area contributed by atoms with Gasteiger partial charge in [-0.1, -0.05) is 60.7 Å². The molecule has 29 heavy (non-hydrogen) atoms. The van der Waals surface area contributed by atoms with Crippen LogP contribution in [-0.4, -0.2) is 32.8 Å². The Balaban J connectivity index is 1.88. The second-order valence-electron chi connectivity index (χ2n) is 6.48. The van der Waals surface area contributed by atoms with Gasteiger partial charge in [-0.2, -0.15) is 4.98 Å². The number of aliphatic hydroxyl groups excluding tert-OH is 1. The van der Waals surface area contributed by atoms with Crippen molar-refractivity contribution in [3.8, 4) is 26.8 Å². The average Bonchev–Trinajstić information content (AvgIpc) is 3.20. The summed E-state index contributed by atoms with van der Waals surface area (Å²) < 4.78 is 1.49. The monoisotopic (exact) mass is 404 g/mol. The fourth-order valence-corrected chi connectivity index (χ4v) is 4.08. The molecule has 0 radical (unpaired) electrons. The summed E-state index contributed by atoms with van der Waals surface area (Å²) in [6.45, 7) is 2.17. The van der Waals surface area contributed by atoms with Gasteiger partial charge in [-0.05, 0) is 12.5 Å². The Morgan fingerprint density at radius 2 is 1.66 bits per heavy atom. The normalized spacial score (nSPS) is 10.8. The van der Waals surface area contributed by atoms with E-state index in [1.54, 1.807) is 17.5 Å². The van der Waals surface area contributed by atoms with E-state index in [0.717, 1.165) is 26.6 Å². The molecule has 0 atom stereocenters. The number of benzene rings is 2. The SMILES string of the molecule is Cc1cn(-c2nc(-c3ccccc3)sc2-c2ccccc2)c(=O)nc1NCCO. The van der Waals surface area contributed by atoms with E-state index in [4.69, 9.17) is 10.1 Å². The van der Waals surface area contributed by atoms with Crippen molar-refractivity contribution in [1.82, 2.24) is 14.5 Å². The van der Waals surface area contributed by atoms with Crippen LogP contribution >= 0.6 is 11.3 Å². The zero-order chi connectivity index (χ0) is 20.2. The molecule has 0 aliphatic heterocycles. The van der Waals surface area contributed by atoms with Crippen LogP contribution in [0.5, 0.6) is 0 Å². The highest BCUT2D eigenvalue weighted by Gasteiger charge is 2.18. The summed E-state index contributed by atoms with van der Waals surface area (Å²) in [5.41, 5.74) is 2.37. The average molecular weight is 404 g/mol. The predicted molar refractivity (Wildman–Crippen MR) is 117 cm³/mol. The standard InChI is InChI=1S/C22H20N4O2S/c1-15-14-26(22(28)24-19(15)23-12-13-27)20-18(16-8-4-2-5-9-16)29-21(25-20)17-10-6-3-7-11-17/h2-11,14,27H,12-13H2,1H3,(H,23,24,28). The number of aromatic nitrogens is 3. The third-order valence-electron chi connectivity index (χ3n) is 4.41. The van der Waals surface area contributed by atoms with Crippen LogP contribution in [0, 0.1) is 6.92 Å². The van der Waals surface area contributed by atoms with Crippen molar-refractivity contribution in [3.63, 3.8) is 0 Å². The van der Waals surface area contributed by atoms with Gasteiger partial charge in [0.1, 0.15) is 10.8 Å². The lowest BCUT2D eigenvalue weighted by molar-refractivity contribution is 0.311. The molecule has 4 aromatic rings. The van der Waals surface area contributed by atoms with Crippen molar-refractivity contribution in [3.05, 3.63) is 82.9 Å². The van der Waals surface area contributed by atoms with Crippen LogP contribution in [-0.2, 0) is 0 Å². The van der Waals surface area contributed by atoms with Crippen molar-refractivity contribution >= 4 is 17.2 Å². The summed E-state index contributed by atoms with van der Waals surface area (Å²) in [6.07, 6.45) is 1.74. The van der Waals surface area contributed by atoms with Gasteiger partial charge in [0.15, 0.2) is 5.82 Å². The maximum Gasteiger partial charge on any atom is 0.355 e. The molecule has 2 aromatic heterocycles. The van der Waals surface area contributed by atoms with Gasteiger partial charge in [-0.15, -0.1) is 11.3 Å². The highest BCUT2D eigenvalue weighted by molar-refractivity contribution is 7.18. The van der Waals surface area contributed by atoms with E-state index in [1.807, 2.05) is 67.6 Å². The molecule has 7 heteroatoms. The van der Waals surface area contributed by atoms with Crippen LogP contribution in [0.1, 0.15) is 5.56 Å². The molecule has 0 saturated carbocycles. The summed E-state index contributed by atoms with van der Waals surface area (Å²) in [5.74, 6) is 1.04. The van der Waals surface area contributed by atoms with Crippen molar-refractivity contribution in [1.29, 1.82) is 0 Å². The number of nitrogens with zero attached hydrogens (tertiary/aromatic N) is 3. The molecule has 0 saturated heterocycles. The van der Waals surface area contributed by atoms with Gasteiger partial charge >= 0.3 is 5.69 Å². The molecular weight excluding hydrogens is 384 g/mol. The molecule has 146 valence electrons. The van der Waals surface area contributed by atoms with E-state index in [-0.39, 0.29) is 6.61 Å². The lowest BCUT2D eigenvalue weighted by atomic mass is 10.2. The molecule has 0 amide bonds. The Hall–Kier alpha value is -3.29. The summed E-state index contributed by atoms with van der Waals surface area (Å²) in [5, 5.41) is 12.8. The van der Waals surface area contributed by atoms with Gasteiger partial charge < -0.3 is 10.4 Å². The van der Waals surface area contributed by atoms with Crippen LogP contribution in [0.25, 0.3) is 26.8 Å². The quantitative estimate of drug-likeness (QED) is 0.512. The molecule has 0 bridgehead atoms. The molecule has 0 aliphatic carbocycles. The topological polar surface area (TPSA) is 80.0 Å². The van der Waals surface area contributed by atoms with E-state index in [1.165, 1.54) is 4.57 Å². The number of thiazole rings is 1. The number of hydrogen-bond donors (Lipinski definition) is 2. The predicted octanol–water partition coefficient (Wildman–Crippen LogP) is 3.74. The number of rotatable bonds is 6. The van der Waals surface area contributed by atoms with Crippen LogP contribution in [0.4, 0.5) is 5.82 Å². The molecule has 0 aliphatic rings. The molecule has 4 rings (SSSR count). The Labute approximate surface area is 172 Å². The molecule has 0 unspecified atom stereocenters. The maximum absolute atomic E-state index is 12.8. The Morgan fingerprint density at radius 1 is 1.00 bits per heavy atom. The second-order valence-corrected chi connectivity index (χ2v) is 7.48. The molecule has 6 nitrogen and oxygen atoms in total. The number of hydrogen-bond acceptors (Lipinski definition) is 6. The maximum atomic E-state index is 12.8. The smallest absolute Gasteiger partial charge is 0.355 e. The number of aryl methyl sites for hydroxylation is 1. The van der Waals surface area contributed by atoms with Crippen molar-refractivity contribution in [2.24, 2.45) is 0 Å².